The molecule has 1 aromatic rings. The van der Waals surface area contributed by atoms with Gasteiger partial charge in [0.2, 0.25) is 0 Å². The van der Waals surface area contributed by atoms with E-state index in [9.17, 15) is 0 Å². The molecule has 3 rings (SSSR count). The van der Waals surface area contributed by atoms with E-state index in [1.165, 1.54) is 12.8 Å². The van der Waals surface area contributed by atoms with Crippen molar-refractivity contribution < 1.29 is 9.47 Å². The largest absolute Gasteiger partial charge is 0.380 e. The van der Waals surface area contributed by atoms with Crippen LogP contribution in [0, 0.1) is 5.92 Å². The predicted octanol–water partition coefficient (Wildman–Crippen LogP) is 1.17. The average molecular weight is 280 g/mol. The van der Waals surface area contributed by atoms with E-state index < -0.39 is 0 Å². The van der Waals surface area contributed by atoms with Crippen molar-refractivity contribution in [1.82, 2.24) is 20.1 Å². The lowest BCUT2D eigenvalue weighted by Gasteiger charge is -2.31. The first kappa shape index (κ1) is 14.0. The van der Waals surface area contributed by atoms with Gasteiger partial charge in [-0.3, -0.25) is 10.00 Å². The smallest absolute Gasteiger partial charge is 0.180 e. The molecule has 1 N–H and O–H groups in total. The zero-order chi connectivity index (χ0) is 13.8. The summed E-state index contributed by atoms with van der Waals surface area (Å²) in [4.78, 5) is 6.84. The quantitative estimate of drug-likeness (QED) is 0.760. The van der Waals surface area contributed by atoms with Crippen LogP contribution in [0.5, 0.6) is 0 Å². The van der Waals surface area contributed by atoms with Gasteiger partial charge in [-0.25, -0.2) is 4.98 Å². The van der Waals surface area contributed by atoms with Crippen molar-refractivity contribution in [3.05, 3.63) is 11.6 Å². The van der Waals surface area contributed by atoms with Gasteiger partial charge in [-0.1, -0.05) is 6.92 Å². The van der Waals surface area contributed by atoms with Gasteiger partial charge in [0.1, 0.15) is 11.9 Å². The second-order valence-corrected chi connectivity index (χ2v) is 5.67. The molecule has 1 atom stereocenters. The Morgan fingerprint density at radius 3 is 3.10 bits per heavy atom. The maximum atomic E-state index is 5.78. The van der Waals surface area contributed by atoms with E-state index in [0.29, 0.717) is 0 Å². The Morgan fingerprint density at radius 2 is 2.35 bits per heavy atom. The number of hydrogen-bond donors (Lipinski definition) is 1. The highest BCUT2D eigenvalue weighted by Crippen LogP contribution is 2.28. The van der Waals surface area contributed by atoms with Crippen molar-refractivity contribution in [1.29, 1.82) is 0 Å². The van der Waals surface area contributed by atoms with E-state index in [1.807, 2.05) is 0 Å². The molecule has 2 heterocycles. The normalized spacial score (nSPS) is 24.1. The van der Waals surface area contributed by atoms with Crippen LogP contribution >= 0.6 is 0 Å². The topological polar surface area (TPSA) is 63.3 Å². The molecule has 20 heavy (non-hydrogen) atoms. The van der Waals surface area contributed by atoms with Crippen molar-refractivity contribution in [3.8, 4) is 0 Å². The fraction of sp³-hybridized carbons (Fsp3) is 0.857. The number of aryl methyl sites for hydroxylation is 1. The standard InChI is InChI=1S/C14H24N4O2/c1-2-13-15-14(17-16-13)12-9-18(6-8-20-12)5-7-19-10-11-3-4-11/h11-12H,2-10H2,1H3,(H,15,16,17)/t12-/m1/s1. The molecule has 6 nitrogen and oxygen atoms in total. The summed E-state index contributed by atoms with van der Waals surface area (Å²) < 4.78 is 11.5. The van der Waals surface area contributed by atoms with Gasteiger partial charge >= 0.3 is 0 Å². The summed E-state index contributed by atoms with van der Waals surface area (Å²) in [5.41, 5.74) is 0. The molecule has 1 aliphatic carbocycles. The molecule has 2 fully saturated rings. The molecular formula is C14H24N4O2. The number of ether oxygens (including phenoxy) is 2. The molecular weight excluding hydrogens is 256 g/mol. The van der Waals surface area contributed by atoms with E-state index in [1.54, 1.807) is 0 Å². The molecule has 1 aromatic heterocycles. The molecule has 0 radical (unpaired) electrons. The predicted molar refractivity (Wildman–Crippen MR) is 74.4 cm³/mol. The number of aromatic amines is 1. The van der Waals surface area contributed by atoms with E-state index >= 15 is 0 Å². The van der Waals surface area contributed by atoms with Gasteiger partial charge in [0.15, 0.2) is 5.82 Å². The lowest BCUT2D eigenvalue weighted by atomic mass is 10.2. The summed E-state index contributed by atoms with van der Waals surface area (Å²) in [6.07, 6.45) is 3.57. The van der Waals surface area contributed by atoms with Crippen molar-refractivity contribution in [2.45, 2.75) is 32.3 Å². The fourth-order valence-corrected chi connectivity index (χ4v) is 2.40. The maximum absolute atomic E-state index is 5.78. The molecule has 0 spiro atoms. The number of morpholine rings is 1. The maximum Gasteiger partial charge on any atom is 0.180 e. The molecule has 0 unspecified atom stereocenters. The highest BCUT2D eigenvalue weighted by Gasteiger charge is 2.25. The molecule has 0 aromatic carbocycles. The third-order valence-corrected chi connectivity index (χ3v) is 3.92. The Bertz CT molecular complexity index is 419. The first-order chi connectivity index (χ1) is 9.85. The van der Waals surface area contributed by atoms with Crippen LogP contribution < -0.4 is 0 Å². The Morgan fingerprint density at radius 1 is 1.45 bits per heavy atom. The number of nitrogens with zero attached hydrogens (tertiary/aromatic N) is 3. The molecule has 1 aliphatic heterocycles. The summed E-state index contributed by atoms with van der Waals surface area (Å²) in [6, 6.07) is 0. The Hall–Kier alpha value is -0.980. The second-order valence-electron chi connectivity index (χ2n) is 5.67. The second kappa shape index (κ2) is 6.65. The number of hydrogen-bond acceptors (Lipinski definition) is 5. The number of aromatic nitrogens is 3. The molecule has 6 heteroatoms. The van der Waals surface area contributed by atoms with Crippen LogP contribution in [0.25, 0.3) is 0 Å². The molecule has 2 aliphatic rings. The first-order valence-corrected chi connectivity index (χ1v) is 7.68. The SMILES string of the molecule is CCc1nc([C@H]2CN(CCOCC3CC3)CCO2)n[nH]1. The molecule has 112 valence electrons. The van der Waals surface area contributed by atoms with Gasteiger partial charge in [0, 0.05) is 32.7 Å². The molecule has 1 saturated heterocycles. The van der Waals surface area contributed by atoms with Gasteiger partial charge in [-0.05, 0) is 18.8 Å². The molecule has 0 amide bonds. The number of H-pyrrole nitrogens is 1. The summed E-state index contributed by atoms with van der Waals surface area (Å²) in [5, 5.41) is 7.21. The van der Waals surface area contributed by atoms with Crippen molar-refractivity contribution in [2.24, 2.45) is 5.92 Å². The highest BCUT2D eigenvalue weighted by molar-refractivity contribution is 4.96. The highest BCUT2D eigenvalue weighted by atomic mass is 16.5. The zero-order valence-corrected chi connectivity index (χ0v) is 12.2. The van der Waals surface area contributed by atoms with Crippen LogP contribution in [0.3, 0.4) is 0 Å². The minimum Gasteiger partial charge on any atom is -0.380 e. The van der Waals surface area contributed by atoms with Crippen LogP contribution in [0.1, 0.15) is 37.5 Å². The van der Waals surface area contributed by atoms with Crippen molar-refractivity contribution in [2.75, 3.05) is 39.5 Å². The molecule has 1 saturated carbocycles. The van der Waals surface area contributed by atoms with Crippen LogP contribution in [-0.2, 0) is 15.9 Å². The van der Waals surface area contributed by atoms with Crippen LogP contribution in [-0.4, -0.2) is 59.5 Å². The third-order valence-electron chi connectivity index (χ3n) is 3.92. The van der Waals surface area contributed by atoms with Crippen molar-refractivity contribution >= 4 is 0 Å². The van der Waals surface area contributed by atoms with Gasteiger partial charge in [0.05, 0.1) is 13.2 Å². The third kappa shape index (κ3) is 3.77. The van der Waals surface area contributed by atoms with Crippen LogP contribution in [0.15, 0.2) is 0 Å². The van der Waals surface area contributed by atoms with E-state index in [4.69, 9.17) is 9.47 Å². The van der Waals surface area contributed by atoms with Crippen molar-refractivity contribution in [3.63, 3.8) is 0 Å². The minimum atomic E-state index is -0.0104. The number of rotatable bonds is 7. The monoisotopic (exact) mass is 280 g/mol. The summed E-state index contributed by atoms with van der Waals surface area (Å²) >= 11 is 0. The van der Waals surface area contributed by atoms with Gasteiger partial charge < -0.3 is 9.47 Å². The lowest BCUT2D eigenvalue weighted by Crippen LogP contribution is -2.40. The number of nitrogens with one attached hydrogen (secondary N) is 1. The Balaban J connectivity index is 1.43. The summed E-state index contributed by atoms with van der Waals surface area (Å²) in [5.74, 6) is 2.55. The summed E-state index contributed by atoms with van der Waals surface area (Å²) in [7, 11) is 0. The zero-order valence-electron chi connectivity index (χ0n) is 12.2. The van der Waals surface area contributed by atoms with Gasteiger partial charge in [-0.2, -0.15) is 5.10 Å². The average Bonchev–Trinajstić information content (AvgIpc) is 3.18. The minimum absolute atomic E-state index is 0.0104. The van der Waals surface area contributed by atoms with Gasteiger partial charge in [-0.15, -0.1) is 0 Å². The van der Waals surface area contributed by atoms with E-state index in [-0.39, 0.29) is 6.10 Å². The Labute approximate surface area is 119 Å². The van der Waals surface area contributed by atoms with E-state index in [0.717, 1.165) is 63.4 Å². The lowest BCUT2D eigenvalue weighted by molar-refractivity contribution is -0.0419. The van der Waals surface area contributed by atoms with Crippen LogP contribution in [0.2, 0.25) is 0 Å². The Kier molecular flexibility index (Phi) is 4.65. The molecule has 0 bridgehead atoms. The van der Waals surface area contributed by atoms with Crippen LogP contribution in [0.4, 0.5) is 0 Å². The first-order valence-electron chi connectivity index (χ1n) is 7.68. The fourth-order valence-electron chi connectivity index (χ4n) is 2.40. The van der Waals surface area contributed by atoms with Gasteiger partial charge in [0.25, 0.3) is 0 Å². The van der Waals surface area contributed by atoms with E-state index in [2.05, 4.69) is 27.0 Å². The summed E-state index contributed by atoms with van der Waals surface area (Å²) in [6.45, 7) is 7.35.